The number of ether oxygens (including phenoxy) is 2. The second-order valence-electron chi connectivity index (χ2n) is 9.30. The van der Waals surface area contributed by atoms with Crippen LogP contribution in [0.2, 0.25) is 0 Å². The van der Waals surface area contributed by atoms with Crippen LogP contribution in [0.3, 0.4) is 0 Å². The van der Waals surface area contributed by atoms with Crippen LogP contribution in [0.15, 0.2) is 12.1 Å². The molecule has 0 atom stereocenters. The number of hydrogen-bond acceptors (Lipinski definition) is 5. The highest BCUT2D eigenvalue weighted by atomic mass is 16.5. The molecule has 4 rings (SSSR count). The fraction of sp³-hybridized carbons (Fsp3) is 0.625. The molecule has 5 nitrogen and oxygen atoms in total. The first-order valence-electron chi connectivity index (χ1n) is 11.1. The summed E-state index contributed by atoms with van der Waals surface area (Å²) in [6, 6.07) is 4.66. The lowest BCUT2D eigenvalue weighted by atomic mass is 9.91. The molecular formula is C24H35N3O2. The lowest BCUT2D eigenvalue weighted by Crippen LogP contribution is -2.22. The van der Waals surface area contributed by atoms with Gasteiger partial charge in [0.25, 0.3) is 0 Å². The SMILES string of the molecule is Cc1cc2c3c(c(NC(C)C)nc2cc1OCCCN1CCCC1)COC3(C)C. The Balaban J connectivity index is 1.61. The summed E-state index contributed by atoms with van der Waals surface area (Å²) in [5.74, 6) is 1.88. The van der Waals surface area contributed by atoms with Crippen LogP contribution in [-0.4, -0.2) is 42.2 Å². The number of hydrogen-bond donors (Lipinski definition) is 1. The van der Waals surface area contributed by atoms with Gasteiger partial charge in [-0.2, -0.15) is 0 Å². The summed E-state index contributed by atoms with van der Waals surface area (Å²) < 4.78 is 12.3. The van der Waals surface area contributed by atoms with Gasteiger partial charge < -0.3 is 19.7 Å². The molecule has 1 aromatic heterocycles. The van der Waals surface area contributed by atoms with Crippen LogP contribution in [0.25, 0.3) is 10.9 Å². The minimum atomic E-state index is -0.311. The average molecular weight is 398 g/mol. The summed E-state index contributed by atoms with van der Waals surface area (Å²) in [4.78, 5) is 7.50. The summed E-state index contributed by atoms with van der Waals surface area (Å²) in [7, 11) is 0. The number of nitrogens with one attached hydrogen (secondary N) is 1. The molecule has 0 unspecified atom stereocenters. The van der Waals surface area contributed by atoms with Crippen LogP contribution in [0.5, 0.6) is 5.75 Å². The van der Waals surface area contributed by atoms with Crippen LogP contribution < -0.4 is 10.1 Å². The molecule has 3 heterocycles. The molecule has 1 aromatic carbocycles. The number of fused-ring (bicyclic) bond motifs is 3. The summed E-state index contributed by atoms with van der Waals surface area (Å²) in [6.07, 6.45) is 3.75. The van der Waals surface area contributed by atoms with Crippen molar-refractivity contribution >= 4 is 16.7 Å². The quantitative estimate of drug-likeness (QED) is 0.667. The largest absolute Gasteiger partial charge is 0.493 e. The molecule has 0 bridgehead atoms. The second-order valence-corrected chi connectivity index (χ2v) is 9.30. The topological polar surface area (TPSA) is 46.6 Å². The van der Waals surface area contributed by atoms with E-state index in [4.69, 9.17) is 14.5 Å². The Bertz CT molecular complexity index is 886. The second kappa shape index (κ2) is 8.11. The predicted molar refractivity (Wildman–Crippen MR) is 119 cm³/mol. The van der Waals surface area contributed by atoms with Crippen molar-refractivity contribution in [2.75, 3.05) is 31.6 Å². The molecule has 0 saturated carbocycles. The lowest BCUT2D eigenvalue weighted by molar-refractivity contribution is -0.00707. The summed E-state index contributed by atoms with van der Waals surface area (Å²) in [6.45, 7) is 15.7. The number of pyridine rings is 1. The zero-order valence-electron chi connectivity index (χ0n) is 18.6. The summed E-state index contributed by atoms with van der Waals surface area (Å²) in [5.41, 5.74) is 4.28. The highest BCUT2D eigenvalue weighted by Crippen LogP contribution is 2.44. The van der Waals surface area contributed by atoms with Crippen molar-refractivity contribution in [3.05, 3.63) is 28.8 Å². The molecule has 1 fully saturated rings. The van der Waals surface area contributed by atoms with Crippen molar-refractivity contribution < 1.29 is 9.47 Å². The number of nitrogens with zero attached hydrogens (tertiary/aromatic N) is 2. The van der Waals surface area contributed by atoms with Crippen LogP contribution in [0.1, 0.15) is 63.6 Å². The average Bonchev–Trinajstić information content (AvgIpc) is 3.27. The van der Waals surface area contributed by atoms with Gasteiger partial charge in [-0.25, -0.2) is 4.98 Å². The molecular weight excluding hydrogens is 362 g/mol. The van der Waals surface area contributed by atoms with Gasteiger partial charge in [0.2, 0.25) is 0 Å². The van der Waals surface area contributed by atoms with E-state index in [0.29, 0.717) is 12.6 Å². The standard InChI is InChI=1S/C24H35N3O2/c1-16(2)25-23-19-15-29-24(4,5)22(19)18-13-17(3)21(14-20(18)26-23)28-12-8-11-27-9-6-7-10-27/h13-14,16H,6-12,15H2,1-5H3,(H,25,26). The Morgan fingerprint density at radius 1 is 1.24 bits per heavy atom. The van der Waals surface area contributed by atoms with Gasteiger partial charge in [0.1, 0.15) is 11.6 Å². The van der Waals surface area contributed by atoms with Crippen LogP contribution in [-0.2, 0) is 16.9 Å². The summed E-state index contributed by atoms with van der Waals surface area (Å²) in [5, 5.41) is 4.69. The van der Waals surface area contributed by atoms with Crippen LogP contribution in [0.4, 0.5) is 5.82 Å². The fourth-order valence-corrected chi connectivity index (χ4v) is 4.62. The first-order chi connectivity index (χ1) is 13.8. The molecule has 158 valence electrons. The number of likely N-dealkylation sites (tertiary alicyclic amines) is 1. The third-order valence-electron chi connectivity index (χ3n) is 6.06. The Morgan fingerprint density at radius 2 is 2.00 bits per heavy atom. The van der Waals surface area contributed by atoms with Gasteiger partial charge in [-0.1, -0.05) is 0 Å². The minimum absolute atomic E-state index is 0.311. The normalized spacial score (nSPS) is 18.6. The predicted octanol–water partition coefficient (Wildman–Crippen LogP) is 4.99. The molecule has 0 amide bonds. The van der Waals surface area contributed by atoms with E-state index in [1.807, 2.05) is 0 Å². The molecule has 5 heteroatoms. The zero-order chi connectivity index (χ0) is 20.6. The molecule has 0 radical (unpaired) electrons. The van der Waals surface area contributed by atoms with E-state index in [0.717, 1.165) is 42.2 Å². The van der Waals surface area contributed by atoms with E-state index >= 15 is 0 Å². The first kappa shape index (κ1) is 20.4. The molecule has 1 N–H and O–H groups in total. The maximum absolute atomic E-state index is 6.18. The Kier molecular flexibility index (Phi) is 5.71. The van der Waals surface area contributed by atoms with Crippen molar-refractivity contribution in [1.82, 2.24) is 9.88 Å². The zero-order valence-corrected chi connectivity index (χ0v) is 18.6. The molecule has 0 spiro atoms. The maximum Gasteiger partial charge on any atom is 0.132 e. The van der Waals surface area contributed by atoms with Crippen molar-refractivity contribution in [3.8, 4) is 5.75 Å². The lowest BCUT2D eigenvalue weighted by Gasteiger charge is -2.22. The number of benzene rings is 1. The molecule has 2 aromatic rings. The monoisotopic (exact) mass is 397 g/mol. The highest BCUT2D eigenvalue weighted by Gasteiger charge is 2.35. The summed E-state index contributed by atoms with van der Waals surface area (Å²) >= 11 is 0. The van der Waals surface area contributed by atoms with E-state index in [9.17, 15) is 0 Å². The van der Waals surface area contributed by atoms with Crippen molar-refractivity contribution in [1.29, 1.82) is 0 Å². The smallest absolute Gasteiger partial charge is 0.132 e. The molecule has 29 heavy (non-hydrogen) atoms. The van der Waals surface area contributed by atoms with Crippen molar-refractivity contribution in [3.63, 3.8) is 0 Å². The number of aryl methyl sites for hydroxylation is 1. The Hall–Kier alpha value is -1.85. The van der Waals surface area contributed by atoms with Gasteiger partial charge in [-0.3, -0.25) is 0 Å². The Labute approximate surface area is 174 Å². The number of aromatic nitrogens is 1. The van der Waals surface area contributed by atoms with E-state index in [-0.39, 0.29) is 5.60 Å². The van der Waals surface area contributed by atoms with Gasteiger partial charge in [-0.05, 0) is 78.6 Å². The minimum Gasteiger partial charge on any atom is -0.493 e. The van der Waals surface area contributed by atoms with E-state index in [2.05, 4.69) is 57.0 Å². The molecule has 2 aliphatic heterocycles. The fourth-order valence-electron chi connectivity index (χ4n) is 4.62. The van der Waals surface area contributed by atoms with Gasteiger partial charge in [0, 0.05) is 35.2 Å². The van der Waals surface area contributed by atoms with Crippen molar-refractivity contribution in [2.45, 2.75) is 72.1 Å². The van der Waals surface area contributed by atoms with Crippen molar-refractivity contribution in [2.24, 2.45) is 0 Å². The number of anilines is 1. The molecule has 0 aliphatic carbocycles. The first-order valence-corrected chi connectivity index (χ1v) is 11.1. The van der Waals surface area contributed by atoms with Crippen LogP contribution >= 0.6 is 0 Å². The third-order valence-corrected chi connectivity index (χ3v) is 6.06. The van der Waals surface area contributed by atoms with E-state index in [1.165, 1.54) is 42.4 Å². The molecule has 2 aliphatic rings. The van der Waals surface area contributed by atoms with E-state index in [1.54, 1.807) is 0 Å². The van der Waals surface area contributed by atoms with Gasteiger partial charge in [0.15, 0.2) is 0 Å². The van der Waals surface area contributed by atoms with Gasteiger partial charge >= 0.3 is 0 Å². The molecule has 1 saturated heterocycles. The highest BCUT2D eigenvalue weighted by molar-refractivity contribution is 5.89. The third kappa shape index (κ3) is 4.22. The van der Waals surface area contributed by atoms with Gasteiger partial charge in [-0.15, -0.1) is 0 Å². The van der Waals surface area contributed by atoms with Gasteiger partial charge in [0.05, 0.1) is 24.3 Å². The Morgan fingerprint density at radius 3 is 2.72 bits per heavy atom. The van der Waals surface area contributed by atoms with E-state index < -0.39 is 0 Å². The number of rotatable bonds is 7. The maximum atomic E-state index is 6.18. The van der Waals surface area contributed by atoms with Crippen LogP contribution in [0, 0.1) is 6.92 Å².